The van der Waals surface area contributed by atoms with Crippen LogP contribution in [-0.2, 0) is 0 Å². The van der Waals surface area contributed by atoms with E-state index in [1.807, 2.05) is 31.2 Å². The fourth-order valence-corrected chi connectivity index (χ4v) is 2.75. The number of halogens is 3. The molecule has 2 aromatic rings. The van der Waals surface area contributed by atoms with Crippen LogP contribution in [0.2, 0.25) is 10.0 Å². The molecule has 0 spiro atoms. The summed E-state index contributed by atoms with van der Waals surface area (Å²) >= 11 is 15.6. The Labute approximate surface area is 142 Å². The Morgan fingerprint density at radius 3 is 2.43 bits per heavy atom. The Hall–Kier alpha value is -1.03. The first kappa shape index (κ1) is 16.3. The molecule has 1 unspecified atom stereocenters. The first-order valence-electron chi connectivity index (χ1n) is 6.38. The standard InChI is InChI=1S/C16H14BrCl2NO/c1-10(12-5-3-4-6-14(12)18)20(2)16(21)11-7-8-13(17)15(19)9-11/h3-10H,1-2H3. The topological polar surface area (TPSA) is 20.3 Å². The van der Waals surface area contributed by atoms with Crippen LogP contribution in [-0.4, -0.2) is 17.9 Å². The Bertz CT molecular complexity index is 675. The molecule has 0 radical (unpaired) electrons. The van der Waals surface area contributed by atoms with Crippen molar-refractivity contribution >= 4 is 45.0 Å². The second-order valence-electron chi connectivity index (χ2n) is 4.74. The van der Waals surface area contributed by atoms with Crippen molar-refractivity contribution in [1.82, 2.24) is 4.90 Å². The van der Waals surface area contributed by atoms with Gasteiger partial charge in [0.2, 0.25) is 0 Å². The maximum atomic E-state index is 12.5. The number of hydrogen-bond donors (Lipinski definition) is 0. The smallest absolute Gasteiger partial charge is 0.254 e. The number of hydrogen-bond acceptors (Lipinski definition) is 1. The van der Waals surface area contributed by atoms with Crippen molar-refractivity contribution < 1.29 is 4.79 Å². The van der Waals surface area contributed by atoms with E-state index in [1.165, 1.54) is 0 Å². The van der Waals surface area contributed by atoms with E-state index in [0.29, 0.717) is 15.6 Å². The summed E-state index contributed by atoms with van der Waals surface area (Å²) < 4.78 is 0.766. The zero-order valence-electron chi connectivity index (χ0n) is 11.6. The molecule has 0 aliphatic rings. The summed E-state index contributed by atoms with van der Waals surface area (Å²) in [7, 11) is 1.76. The third-order valence-corrected chi connectivity index (χ3v) is 5.00. The van der Waals surface area contributed by atoms with Crippen molar-refractivity contribution in [2.75, 3.05) is 7.05 Å². The quantitative estimate of drug-likeness (QED) is 0.673. The SMILES string of the molecule is CC(c1ccccc1Cl)N(C)C(=O)c1ccc(Br)c(Cl)c1. The highest BCUT2D eigenvalue weighted by molar-refractivity contribution is 9.10. The van der Waals surface area contributed by atoms with Gasteiger partial charge in [0.25, 0.3) is 5.91 Å². The molecule has 0 fully saturated rings. The minimum atomic E-state index is -0.131. The molecule has 0 saturated carbocycles. The highest BCUT2D eigenvalue weighted by atomic mass is 79.9. The lowest BCUT2D eigenvalue weighted by Gasteiger charge is -2.26. The van der Waals surface area contributed by atoms with Crippen LogP contribution in [0.15, 0.2) is 46.9 Å². The van der Waals surface area contributed by atoms with Gasteiger partial charge in [-0.15, -0.1) is 0 Å². The maximum Gasteiger partial charge on any atom is 0.254 e. The largest absolute Gasteiger partial charge is 0.335 e. The molecule has 21 heavy (non-hydrogen) atoms. The van der Waals surface area contributed by atoms with E-state index in [0.717, 1.165) is 10.0 Å². The molecule has 0 N–H and O–H groups in total. The summed E-state index contributed by atoms with van der Waals surface area (Å²) in [6.07, 6.45) is 0. The van der Waals surface area contributed by atoms with Gasteiger partial charge < -0.3 is 4.90 Å². The lowest BCUT2D eigenvalue weighted by molar-refractivity contribution is 0.0742. The van der Waals surface area contributed by atoms with E-state index in [4.69, 9.17) is 23.2 Å². The number of nitrogens with zero attached hydrogens (tertiary/aromatic N) is 1. The zero-order valence-corrected chi connectivity index (χ0v) is 14.7. The van der Waals surface area contributed by atoms with Gasteiger partial charge in [-0.3, -0.25) is 4.79 Å². The molecule has 2 nitrogen and oxygen atoms in total. The molecule has 0 aromatic heterocycles. The first-order chi connectivity index (χ1) is 9.91. The summed E-state index contributed by atoms with van der Waals surface area (Å²) in [6.45, 7) is 1.94. The average Bonchev–Trinajstić information content (AvgIpc) is 2.48. The second-order valence-corrected chi connectivity index (χ2v) is 6.41. The third kappa shape index (κ3) is 3.60. The van der Waals surface area contributed by atoms with Crippen LogP contribution < -0.4 is 0 Å². The Kier molecular flexibility index (Phi) is 5.31. The molecule has 1 atom stereocenters. The minimum absolute atomic E-state index is 0.100. The van der Waals surface area contributed by atoms with Crippen molar-refractivity contribution in [2.45, 2.75) is 13.0 Å². The average molecular weight is 387 g/mol. The number of carbonyl (C=O) groups is 1. The van der Waals surface area contributed by atoms with Crippen LogP contribution in [0, 0.1) is 0 Å². The van der Waals surface area contributed by atoms with Crippen LogP contribution in [0.4, 0.5) is 0 Å². The summed E-state index contributed by atoms with van der Waals surface area (Å²) in [5, 5.41) is 1.16. The van der Waals surface area contributed by atoms with Gasteiger partial charge in [-0.25, -0.2) is 0 Å². The van der Waals surface area contributed by atoms with E-state index >= 15 is 0 Å². The lowest BCUT2D eigenvalue weighted by atomic mass is 10.1. The normalized spacial score (nSPS) is 12.0. The van der Waals surface area contributed by atoms with Crippen LogP contribution in [0.1, 0.15) is 28.9 Å². The summed E-state index contributed by atoms with van der Waals surface area (Å²) in [5.74, 6) is -0.100. The van der Waals surface area contributed by atoms with Gasteiger partial charge in [0.1, 0.15) is 0 Å². The highest BCUT2D eigenvalue weighted by Crippen LogP contribution is 2.28. The molecule has 1 amide bonds. The molecular weight excluding hydrogens is 373 g/mol. The third-order valence-electron chi connectivity index (χ3n) is 3.42. The van der Waals surface area contributed by atoms with Crippen molar-refractivity contribution in [3.05, 3.63) is 68.1 Å². The van der Waals surface area contributed by atoms with E-state index < -0.39 is 0 Å². The van der Waals surface area contributed by atoms with Crippen molar-refractivity contribution in [2.24, 2.45) is 0 Å². The number of carbonyl (C=O) groups excluding carboxylic acids is 1. The van der Waals surface area contributed by atoms with E-state index in [2.05, 4.69) is 15.9 Å². The van der Waals surface area contributed by atoms with Crippen LogP contribution in [0.5, 0.6) is 0 Å². The van der Waals surface area contributed by atoms with Gasteiger partial charge >= 0.3 is 0 Å². The first-order valence-corrected chi connectivity index (χ1v) is 7.93. The van der Waals surface area contributed by atoms with Crippen molar-refractivity contribution in [3.63, 3.8) is 0 Å². The molecule has 0 saturated heterocycles. The highest BCUT2D eigenvalue weighted by Gasteiger charge is 2.21. The van der Waals surface area contributed by atoms with Crippen molar-refractivity contribution in [3.8, 4) is 0 Å². The van der Waals surface area contributed by atoms with Gasteiger partial charge in [0.05, 0.1) is 11.1 Å². The molecule has 0 aliphatic carbocycles. The fraction of sp³-hybridized carbons (Fsp3) is 0.188. The molecule has 0 bridgehead atoms. The lowest BCUT2D eigenvalue weighted by Crippen LogP contribution is -2.29. The summed E-state index contributed by atoms with van der Waals surface area (Å²) in [5.41, 5.74) is 1.46. The van der Waals surface area contributed by atoms with Gasteiger partial charge in [0.15, 0.2) is 0 Å². The Balaban J connectivity index is 2.26. The summed E-state index contributed by atoms with van der Waals surface area (Å²) in [6, 6.07) is 12.6. The predicted octanol–water partition coefficient (Wildman–Crippen LogP) is 5.59. The molecule has 0 aliphatic heterocycles. The van der Waals surface area contributed by atoms with E-state index in [-0.39, 0.29) is 11.9 Å². The molecule has 2 aromatic carbocycles. The van der Waals surface area contributed by atoms with Crippen LogP contribution >= 0.6 is 39.1 Å². The van der Waals surface area contributed by atoms with Crippen molar-refractivity contribution in [1.29, 1.82) is 0 Å². The van der Waals surface area contributed by atoms with Gasteiger partial charge in [0, 0.05) is 22.1 Å². The maximum absolute atomic E-state index is 12.5. The Morgan fingerprint density at radius 2 is 1.81 bits per heavy atom. The van der Waals surface area contributed by atoms with Gasteiger partial charge in [-0.1, -0.05) is 41.4 Å². The van der Waals surface area contributed by atoms with Crippen LogP contribution in [0.25, 0.3) is 0 Å². The molecule has 110 valence electrons. The number of benzene rings is 2. The van der Waals surface area contributed by atoms with Gasteiger partial charge in [-0.2, -0.15) is 0 Å². The molecule has 2 rings (SSSR count). The molecular formula is C16H14BrCl2NO. The molecule has 0 heterocycles. The van der Waals surface area contributed by atoms with E-state index in [1.54, 1.807) is 30.1 Å². The molecule has 5 heteroatoms. The number of rotatable bonds is 3. The summed E-state index contributed by atoms with van der Waals surface area (Å²) in [4.78, 5) is 14.2. The monoisotopic (exact) mass is 385 g/mol. The minimum Gasteiger partial charge on any atom is -0.335 e. The fourth-order valence-electron chi connectivity index (χ4n) is 2.03. The van der Waals surface area contributed by atoms with Gasteiger partial charge in [-0.05, 0) is 52.7 Å². The zero-order chi connectivity index (χ0) is 15.6. The number of amides is 1. The second kappa shape index (κ2) is 6.82. The van der Waals surface area contributed by atoms with Crippen LogP contribution in [0.3, 0.4) is 0 Å². The predicted molar refractivity (Wildman–Crippen MR) is 91.1 cm³/mol. The Morgan fingerprint density at radius 1 is 1.14 bits per heavy atom. The van der Waals surface area contributed by atoms with E-state index in [9.17, 15) is 4.79 Å².